The molecule has 0 spiro atoms. The van der Waals surface area contributed by atoms with Crippen molar-refractivity contribution in [1.82, 2.24) is 24.3 Å². The van der Waals surface area contributed by atoms with Gasteiger partial charge in [0.2, 0.25) is 17.5 Å². The van der Waals surface area contributed by atoms with Crippen LogP contribution in [0.3, 0.4) is 0 Å². The Labute approximate surface area is 340 Å². The largest absolute Gasteiger partial charge is 0.354 e. The van der Waals surface area contributed by atoms with Crippen molar-refractivity contribution in [1.29, 1.82) is 0 Å². The number of pyridine rings is 1. The Kier molecular flexibility index (Phi) is 8.42. The van der Waals surface area contributed by atoms with Crippen molar-refractivity contribution in [3.63, 3.8) is 0 Å². The molecule has 5 nitrogen and oxygen atoms in total. The van der Waals surface area contributed by atoms with Crippen LogP contribution >= 0.6 is 15.9 Å². The lowest BCUT2D eigenvalue weighted by Crippen LogP contribution is -2.06. The first-order chi connectivity index (χ1) is 29.4. The second kappa shape index (κ2) is 13.3. The van der Waals surface area contributed by atoms with Crippen molar-refractivity contribution in [3.05, 3.63) is 140 Å². The first-order valence-corrected chi connectivity index (χ1v) is 18.0. The molecule has 9 aromatic rings. The Morgan fingerprint density at radius 2 is 0.774 bits per heavy atom. The summed E-state index contributed by atoms with van der Waals surface area (Å²) < 4.78 is 231. The second-order valence-corrected chi connectivity index (χ2v) is 14.4. The maximum absolute atomic E-state index is 16.1. The summed E-state index contributed by atoms with van der Waals surface area (Å²) in [7, 11) is 0. The Hall–Kier alpha value is -6.90. The van der Waals surface area contributed by atoms with Crippen molar-refractivity contribution >= 4 is 77.5 Å². The van der Waals surface area contributed by atoms with E-state index in [0.29, 0.717) is 0 Å². The fourth-order valence-electron chi connectivity index (χ4n) is 7.70. The van der Waals surface area contributed by atoms with Crippen LogP contribution < -0.4 is 0 Å². The SMILES string of the molecule is Fc1c(F)c(F)c(-c2c3nc(c(-c4c(F)c(F)c(F)c(F)c4F)c4nc5ccn6ccc7nc(c(-c8c(F)c(F)c(F)c(F)c8F)c8ccc2[nH]8)c(c4Br)c7c56)C=C3)c(F)c1F. The summed E-state index contributed by atoms with van der Waals surface area (Å²) in [5.74, 6) is -37.5. The first kappa shape index (κ1) is 39.2. The summed E-state index contributed by atoms with van der Waals surface area (Å²) in [6, 6.07) is 4.33. The number of hydrogen-bond acceptors (Lipinski definition) is 3. The molecule has 6 aromatic heterocycles. The Bertz CT molecular complexity index is 3590. The highest BCUT2D eigenvalue weighted by atomic mass is 79.9. The third-order valence-corrected chi connectivity index (χ3v) is 11.2. The summed E-state index contributed by atoms with van der Waals surface area (Å²) in [6.07, 6.45) is 4.40. The third kappa shape index (κ3) is 5.04. The quantitative estimate of drug-likeness (QED) is 0.109. The van der Waals surface area contributed by atoms with Crippen LogP contribution in [-0.2, 0) is 0 Å². The molecule has 62 heavy (non-hydrogen) atoms. The van der Waals surface area contributed by atoms with Crippen molar-refractivity contribution < 1.29 is 65.9 Å². The number of halogens is 16. The molecule has 1 N–H and O–H groups in total. The lowest BCUT2D eigenvalue weighted by Gasteiger charge is -2.11. The molecular formula is C41H9BrF15N5. The molecule has 1 aliphatic rings. The van der Waals surface area contributed by atoms with Crippen LogP contribution in [0, 0.1) is 87.3 Å². The zero-order chi connectivity index (χ0) is 44.1. The monoisotopic (exact) mass is 935 g/mol. The van der Waals surface area contributed by atoms with Gasteiger partial charge in [-0.05, 0) is 52.3 Å². The number of fused-ring (bicyclic) bond motifs is 5. The summed E-state index contributed by atoms with van der Waals surface area (Å²) in [4.78, 5) is 15.6. The van der Waals surface area contributed by atoms with E-state index in [1.54, 1.807) is 0 Å². The smallest absolute Gasteiger partial charge is 0.200 e. The van der Waals surface area contributed by atoms with Gasteiger partial charge in [0.15, 0.2) is 69.8 Å². The second-order valence-electron chi connectivity index (χ2n) is 13.6. The molecule has 0 saturated carbocycles. The predicted octanol–water partition coefficient (Wildman–Crippen LogP) is 13.0. The highest BCUT2D eigenvalue weighted by molar-refractivity contribution is 9.10. The molecule has 21 heteroatoms. The number of aromatic amines is 1. The molecule has 6 bridgehead atoms. The highest BCUT2D eigenvalue weighted by Gasteiger charge is 2.35. The fourth-order valence-corrected chi connectivity index (χ4v) is 8.37. The molecule has 7 heterocycles. The number of H-pyrrole nitrogens is 1. The lowest BCUT2D eigenvalue weighted by molar-refractivity contribution is 0.381. The van der Waals surface area contributed by atoms with Gasteiger partial charge in [0, 0.05) is 50.9 Å². The van der Waals surface area contributed by atoms with E-state index in [-0.39, 0.29) is 21.9 Å². The minimum absolute atomic E-state index is 0.0299. The van der Waals surface area contributed by atoms with Gasteiger partial charge in [0.1, 0.15) is 0 Å². The average molecular weight is 936 g/mol. The standard InChI is InChI=1S/C41H9BrF15N5/c42-23-19-18-13-5-7-62-8-6-14(41(18)62)61-40(23)17(22-28(47)34(53)38(57)35(54)29(22)48)12-4-2-10(59-12)15(20-24(43)30(49)36(55)31(50)25(20)44)9-1-3-11(58-9)16(39(19)60-13)21-26(45)32(51)37(56)33(52)27(21)46/h1-8,58H. The van der Waals surface area contributed by atoms with E-state index in [9.17, 15) is 22.0 Å². The maximum Gasteiger partial charge on any atom is 0.200 e. The minimum atomic E-state index is -2.61. The van der Waals surface area contributed by atoms with E-state index in [4.69, 9.17) is 0 Å². The van der Waals surface area contributed by atoms with Crippen molar-refractivity contribution in [2.24, 2.45) is 0 Å². The Morgan fingerprint density at radius 3 is 1.27 bits per heavy atom. The molecule has 1 aliphatic heterocycles. The van der Waals surface area contributed by atoms with Gasteiger partial charge in [-0.15, -0.1) is 0 Å². The molecule has 3 aromatic carbocycles. The van der Waals surface area contributed by atoms with Gasteiger partial charge >= 0.3 is 0 Å². The van der Waals surface area contributed by atoms with Crippen molar-refractivity contribution in [3.8, 4) is 33.4 Å². The molecule has 0 unspecified atom stereocenters. The normalized spacial score (nSPS) is 12.5. The molecular weight excluding hydrogens is 927 g/mol. The maximum atomic E-state index is 16.1. The van der Waals surface area contributed by atoms with Gasteiger partial charge in [-0.2, -0.15) is 0 Å². The predicted molar refractivity (Wildman–Crippen MR) is 196 cm³/mol. The summed E-state index contributed by atoms with van der Waals surface area (Å²) in [5, 5.41) is -0.425. The number of nitrogens with one attached hydrogen (secondary N) is 1. The van der Waals surface area contributed by atoms with Crippen LogP contribution in [0.25, 0.3) is 94.9 Å². The lowest BCUT2D eigenvalue weighted by atomic mass is 9.99. The summed E-state index contributed by atoms with van der Waals surface area (Å²) in [6.45, 7) is 0. The summed E-state index contributed by atoms with van der Waals surface area (Å²) in [5.41, 5.74) is -13.1. The van der Waals surface area contributed by atoms with Crippen LogP contribution in [0.5, 0.6) is 0 Å². The fraction of sp³-hybridized carbons (Fsp3) is 0. The van der Waals surface area contributed by atoms with Crippen molar-refractivity contribution in [2.75, 3.05) is 0 Å². The van der Waals surface area contributed by atoms with E-state index < -0.39 is 164 Å². The van der Waals surface area contributed by atoms with Crippen LogP contribution in [0.2, 0.25) is 0 Å². The van der Waals surface area contributed by atoms with E-state index in [2.05, 4.69) is 35.9 Å². The van der Waals surface area contributed by atoms with E-state index >= 15 is 43.9 Å². The Balaban J connectivity index is 1.59. The van der Waals surface area contributed by atoms with E-state index in [1.165, 1.54) is 28.9 Å². The number of aromatic nitrogens is 5. The van der Waals surface area contributed by atoms with Gasteiger partial charge < -0.3 is 9.38 Å². The molecule has 0 fully saturated rings. The molecule has 0 amide bonds. The van der Waals surface area contributed by atoms with Gasteiger partial charge in [0.25, 0.3) is 0 Å². The zero-order valence-electron chi connectivity index (χ0n) is 29.5. The van der Waals surface area contributed by atoms with Crippen molar-refractivity contribution in [2.45, 2.75) is 0 Å². The van der Waals surface area contributed by atoms with E-state index in [1.807, 2.05) is 0 Å². The van der Waals surface area contributed by atoms with Gasteiger partial charge in [-0.25, -0.2) is 80.8 Å². The van der Waals surface area contributed by atoms with Gasteiger partial charge in [-0.1, -0.05) is 0 Å². The third-order valence-electron chi connectivity index (χ3n) is 10.4. The van der Waals surface area contributed by atoms with E-state index in [0.717, 1.165) is 24.3 Å². The van der Waals surface area contributed by atoms with Crippen LogP contribution in [0.15, 0.2) is 41.1 Å². The summed E-state index contributed by atoms with van der Waals surface area (Å²) >= 11 is 3.26. The first-order valence-electron chi connectivity index (χ1n) is 17.2. The van der Waals surface area contributed by atoms with Gasteiger partial charge in [0.05, 0.1) is 60.1 Å². The Morgan fingerprint density at radius 1 is 0.387 bits per heavy atom. The topological polar surface area (TPSA) is 58.9 Å². The number of nitrogens with zero attached hydrogens (tertiary/aromatic N) is 4. The molecule has 310 valence electrons. The molecule has 0 atom stereocenters. The number of benzene rings is 3. The molecule has 0 saturated heterocycles. The molecule has 0 radical (unpaired) electrons. The average Bonchev–Trinajstić information content (AvgIpc) is 4.08. The van der Waals surface area contributed by atoms with Gasteiger partial charge in [-0.3, -0.25) is 0 Å². The minimum Gasteiger partial charge on any atom is -0.354 e. The zero-order valence-corrected chi connectivity index (χ0v) is 31.0. The van der Waals surface area contributed by atoms with Crippen LogP contribution in [0.1, 0.15) is 11.4 Å². The van der Waals surface area contributed by atoms with Crippen LogP contribution in [-0.4, -0.2) is 24.3 Å². The molecule has 0 aliphatic carbocycles. The molecule has 10 rings (SSSR count). The number of hydrogen-bond donors (Lipinski definition) is 1. The van der Waals surface area contributed by atoms with Crippen LogP contribution in [0.4, 0.5) is 65.9 Å². The highest BCUT2D eigenvalue weighted by Crippen LogP contribution is 2.48. The number of rotatable bonds is 3.